The Labute approximate surface area is 129 Å². The Hall–Kier alpha value is -0.510. The first kappa shape index (κ1) is 16.9. The Balaban J connectivity index is 1.89. The SMILES string of the molecule is CC(C)NCc1cc(S(=O)(=O)NCC2COCCO2)cs1. The van der Waals surface area contributed by atoms with E-state index in [1.807, 2.05) is 0 Å². The molecule has 1 fully saturated rings. The van der Waals surface area contributed by atoms with Gasteiger partial charge in [-0.25, -0.2) is 13.1 Å². The van der Waals surface area contributed by atoms with E-state index in [0.29, 0.717) is 37.3 Å². The third-order valence-electron chi connectivity index (χ3n) is 3.01. The van der Waals surface area contributed by atoms with Crippen molar-refractivity contribution in [3.63, 3.8) is 0 Å². The minimum atomic E-state index is -3.48. The van der Waals surface area contributed by atoms with Crippen LogP contribution in [0.15, 0.2) is 16.3 Å². The summed E-state index contributed by atoms with van der Waals surface area (Å²) in [4.78, 5) is 1.31. The van der Waals surface area contributed by atoms with Crippen molar-refractivity contribution >= 4 is 21.4 Å². The molecular formula is C13H22N2O4S2. The van der Waals surface area contributed by atoms with Gasteiger partial charge in [0.15, 0.2) is 0 Å². The second-order valence-electron chi connectivity index (χ2n) is 5.20. The van der Waals surface area contributed by atoms with Crippen LogP contribution in [-0.4, -0.2) is 46.9 Å². The van der Waals surface area contributed by atoms with Crippen molar-refractivity contribution in [3.05, 3.63) is 16.3 Å². The van der Waals surface area contributed by atoms with Gasteiger partial charge in [-0.2, -0.15) is 0 Å². The van der Waals surface area contributed by atoms with E-state index in [1.165, 1.54) is 11.3 Å². The van der Waals surface area contributed by atoms with E-state index in [9.17, 15) is 8.42 Å². The molecule has 0 radical (unpaired) electrons. The summed E-state index contributed by atoms with van der Waals surface area (Å²) in [6, 6.07) is 2.08. The lowest BCUT2D eigenvalue weighted by Crippen LogP contribution is -2.39. The number of ether oxygens (including phenoxy) is 2. The highest BCUT2D eigenvalue weighted by Gasteiger charge is 2.20. The van der Waals surface area contributed by atoms with Crippen LogP contribution in [0.25, 0.3) is 0 Å². The predicted molar refractivity (Wildman–Crippen MR) is 82.0 cm³/mol. The molecule has 0 aliphatic carbocycles. The predicted octanol–water partition coefficient (Wildman–Crippen LogP) is 0.940. The molecule has 0 spiro atoms. The third-order valence-corrected chi connectivity index (χ3v) is 5.50. The second kappa shape index (κ2) is 7.66. The van der Waals surface area contributed by atoms with Gasteiger partial charge < -0.3 is 14.8 Å². The van der Waals surface area contributed by atoms with Crippen molar-refractivity contribution in [2.24, 2.45) is 0 Å². The molecule has 0 saturated carbocycles. The maximum absolute atomic E-state index is 12.2. The standard InChI is InChI=1S/C13H22N2O4S2/c1-10(2)14-7-12-5-13(9-20-12)21(16,17)15-6-11-8-18-3-4-19-11/h5,9-11,14-15H,3-4,6-8H2,1-2H3. The molecule has 1 atom stereocenters. The summed E-state index contributed by atoms with van der Waals surface area (Å²) in [5.41, 5.74) is 0. The van der Waals surface area contributed by atoms with Gasteiger partial charge in [-0.1, -0.05) is 13.8 Å². The van der Waals surface area contributed by atoms with Crippen LogP contribution in [-0.2, 0) is 26.0 Å². The first-order chi connectivity index (χ1) is 9.97. The molecular weight excluding hydrogens is 312 g/mol. The van der Waals surface area contributed by atoms with E-state index in [2.05, 4.69) is 23.9 Å². The van der Waals surface area contributed by atoms with Crippen molar-refractivity contribution in [2.75, 3.05) is 26.4 Å². The lowest BCUT2D eigenvalue weighted by molar-refractivity contribution is -0.0846. The molecule has 2 rings (SSSR count). The highest BCUT2D eigenvalue weighted by molar-refractivity contribution is 7.89. The zero-order valence-corrected chi connectivity index (χ0v) is 13.9. The minimum Gasteiger partial charge on any atom is -0.376 e. The lowest BCUT2D eigenvalue weighted by atomic mass is 10.3. The molecule has 1 unspecified atom stereocenters. The van der Waals surface area contributed by atoms with E-state index in [-0.39, 0.29) is 12.6 Å². The third kappa shape index (κ3) is 5.32. The number of sulfonamides is 1. The van der Waals surface area contributed by atoms with Gasteiger partial charge in [0.1, 0.15) is 0 Å². The van der Waals surface area contributed by atoms with Crippen molar-refractivity contribution < 1.29 is 17.9 Å². The maximum Gasteiger partial charge on any atom is 0.241 e. The summed E-state index contributed by atoms with van der Waals surface area (Å²) >= 11 is 1.44. The highest BCUT2D eigenvalue weighted by Crippen LogP contribution is 2.19. The molecule has 2 N–H and O–H groups in total. The summed E-state index contributed by atoms with van der Waals surface area (Å²) < 4.78 is 37.7. The monoisotopic (exact) mass is 334 g/mol. The molecule has 120 valence electrons. The molecule has 0 amide bonds. The molecule has 0 aromatic carbocycles. The molecule has 1 aromatic heterocycles. The van der Waals surface area contributed by atoms with Crippen LogP contribution in [0.5, 0.6) is 0 Å². The van der Waals surface area contributed by atoms with Crippen molar-refractivity contribution in [3.8, 4) is 0 Å². The zero-order chi connectivity index (χ0) is 15.3. The number of hydrogen-bond acceptors (Lipinski definition) is 6. The smallest absolute Gasteiger partial charge is 0.241 e. The average molecular weight is 334 g/mol. The molecule has 1 saturated heterocycles. The Morgan fingerprint density at radius 3 is 2.90 bits per heavy atom. The van der Waals surface area contributed by atoms with Gasteiger partial charge in [0, 0.05) is 29.4 Å². The molecule has 8 heteroatoms. The van der Waals surface area contributed by atoms with Crippen LogP contribution in [0.2, 0.25) is 0 Å². The van der Waals surface area contributed by atoms with Crippen LogP contribution >= 0.6 is 11.3 Å². The molecule has 6 nitrogen and oxygen atoms in total. The summed E-state index contributed by atoms with van der Waals surface area (Å²) in [6.45, 7) is 6.53. The van der Waals surface area contributed by atoms with E-state index in [1.54, 1.807) is 11.4 Å². The Morgan fingerprint density at radius 2 is 2.24 bits per heavy atom. The van der Waals surface area contributed by atoms with Gasteiger partial charge in [0.05, 0.1) is 30.8 Å². The molecule has 2 heterocycles. The normalized spacial score (nSPS) is 20.0. The fraction of sp³-hybridized carbons (Fsp3) is 0.692. The Kier molecular flexibility index (Phi) is 6.15. The topological polar surface area (TPSA) is 76.7 Å². The number of thiophene rings is 1. The van der Waals surface area contributed by atoms with Gasteiger partial charge in [-0.05, 0) is 6.07 Å². The Bertz CT molecular complexity index is 536. The molecule has 1 aromatic rings. The van der Waals surface area contributed by atoms with Crippen molar-refractivity contribution in [1.82, 2.24) is 10.0 Å². The summed E-state index contributed by atoms with van der Waals surface area (Å²) in [6.07, 6.45) is -0.214. The van der Waals surface area contributed by atoms with Gasteiger partial charge >= 0.3 is 0 Å². The van der Waals surface area contributed by atoms with Crippen LogP contribution in [0.4, 0.5) is 0 Å². The number of nitrogens with one attached hydrogen (secondary N) is 2. The summed E-state index contributed by atoms with van der Waals surface area (Å²) in [5, 5.41) is 4.93. The zero-order valence-electron chi connectivity index (χ0n) is 12.3. The number of rotatable bonds is 7. The van der Waals surface area contributed by atoms with E-state index in [4.69, 9.17) is 9.47 Å². The largest absolute Gasteiger partial charge is 0.376 e. The fourth-order valence-corrected chi connectivity index (χ4v) is 4.13. The summed E-state index contributed by atoms with van der Waals surface area (Å²) in [5.74, 6) is 0. The first-order valence-electron chi connectivity index (χ1n) is 6.97. The van der Waals surface area contributed by atoms with Crippen molar-refractivity contribution in [2.45, 2.75) is 37.4 Å². The minimum absolute atomic E-state index is 0.214. The fourth-order valence-electron chi connectivity index (χ4n) is 1.84. The Morgan fingerprint density at radius 1 is 1.43 bits per heavy atom. The van der Waals surface area contributed by atoms with E-state index >= 15 is 0 Å². The van der Waals surface area contributed by atoms with E-state index in [0.717, 1.165) is 4.88 Å². The van der Waals surface area contributed by atoms with E-state index < -0.39 is 10.0 Å². The molecule has 0 bridgehead atoms. The summed E-state index contributed by atoms with van der Waals surface area (Å²) in [7, 11) is -3.48. The maximum atomic E-state index is 12.2. The first-order valence-corrected chi connectivity index (χ1v) is 9.33. The average Bonchev–Trinajstić information content (AvgIpc) is 2.94. The van der Waals surface area contributed by atoms with Gasteiger partial charge in [0.2, 0.25) is 10.0 Å². The van der Waals surface area contributed by atoms with Crippen LogP contribution < -0.4 is 10.0 Å². The lowest BCUT2D eigenvalue weighted by Gasteiger charge is -2.22. The molecule has 21 heavy (non-hydrogen) atoms. The molecule has 1 aliphatic rings. The van der Waals surface area contributed by atoms with Crippen molar-refractivity contribution in [1.29, 1.82) is 0 Å². The van der Waals surface area contributed by atoms with Crippen LogP contribution in [0.3, 0.4) is 0 Å². The van der Waals surface area contributed by atoms with Gasteiger partial charge in [-0.15, -0.1) is 11.3 Å². The van der Waals surface area contributed by atoms with Gasteiger partial charge in [-0.3, -0.25) is 0 Å². The molecule has 1 aliphatic heterocycles. The van der Waals surface area contributed by atoms with Crippen LogP contribution in [0, 0.1) is 0 Å². The highest BCUT2D eigenvalue weighted by atomic mass is 32.2. The second-order valence-corrected chi connectivity index (χ2v) is 7.97. The quantitative estimate of drug-likeness (QED) is 0.776. The van der Waals surface area contributed by atoms with Crippen LogP contribution in [0.1, 0.15) is 18.7 Å². The van der Waals surface area contributed by atoms with Gasteiger partial charge in [0.25, 0.3) is 0 Å². The number of hydrogen-bond donors (Lipinski definition) is 2.